The van der Waals surface area contributed by atoms with Crippen LogP contribution in [-0.2, 0) is 17.7 Å². The fourth-order valence-electron chi connectivity index (χ4n) is 2.84. The average Bonchev–Trinajstić information content (AvgIpc) is 3.04. The normalized spacial score (nSPS) is 11.0. The number of fused-ring (bicyclic) bond motifs is 1. The first-order chi connectivity index (χ1) is 13.1. The molecule has 3 rings (SSSR count). The van der Waals surface area contributed by atoms with Crippen molar-refractivity contribution in [2.75, 3.05) is 20.3 Å². The molecular formula is C19H21FN4O3. The van der Waals surface area contributed by atoms with Crippen molar-refractivity contribution in [3.63, 3.8) is 0 Å². The van der Waals surface area contributed by atoms with Crippen molar-refractivity contribution < 1.29 is 13.9 Å². The molecule has 0 bridgehead atoms. The number of halogens is 1. The number of aromatic nitrogens is 3. The molecule has 27 heavy (non-hydrogen) atoms. The number of carbonyl (C=O) groups is 1. The minimum Gasteiger partial charge on any atom is -0.385 e. The number of H-pyrrole nitrogens is 1. The van der Waals surface area contributed by atoms with Crippen LogP contribution in [0, 0.1) is 5.82 Å². The number of hydrogen-bond donors (Lipinski definition) is 2. The maximum Gasteiger partial charge on any atom is 0.275 e. The number of aromatic amines is 1. The Balaban J connectivity index is 1.72. The topological polar surface area (TPSA) is 89.0 Å². The second-order valence-corrected chi connectivity index (χ2v) is 6.20. The van der Waals surface area contributed by atoms with Gasteiger partial charge in [-0.2, -0.15) is 5.10 Å². The highest BCUT2D eigenvalue weighted by molar-refractivity contribution is 5.99. The summed E-state index contributed by atoms with van der Waals surface area (Å²) in [6.45, 7) is 1.59. The summed E-state index contributed by atoms with van der Waals surface area (Å²) < 4.78 is 19.8. The number of aryl methyl sites for hydroxylation is 1. The largest absolute Gasteiger partial charge is 0.385 e. The molecule has 0 spiro atoms. The second kappa shape index (κ2) is 8.59. The van der Waals surface area contributed by atoms with Gasteiger partial charge >= 0.3 is 0 Å². The van der Waals surface area contributed by atoms with Gasteiger partial charge in [-0.05, 0) is 30.5 Å². The molecule has 8 heteroatoms. The lowest BCUT2D eigenvalue weighted by Gasteiger charge is -2.13. The number of rotatable bonds is 8. The molecule has 7 nitrogen and oxygen atoms in total. The van der Waals surface area contributed by atoms with Gasteiger partial charge in [-0.1, -0.05) is 12.1 Å². The first-order valence-corrected chi connectivity index (χ1v) is 8.68. The first-order valence-electron chi connectivity index (χ1n) is 8.68. The Bertz CT molecular complexity index is 933. The van der Waals surface area contributed by atoms with E-state index >= 15 is 0 Å². The van der Waals surface area contributed by atoms with Crippen LogP contribution in [0.4, 0.5) is 4.39 Å². The summed E-state index contributed by atoms with van der Waals surface area (Å²) in [5, 5.41) is 9.20. The fourth-order valence-corrected chi connectivity index (χ4v) is 2.84. The molecule has 0 atom stereocenters. The molecule has 0 unspecified atom stereocenters. The Morgan fingerprint density at radius 2 is 2.07 bits per heavy atom. The number of ether oxygens (including phenoxy) is 1. The molecule has 2 aliphatic rings. The number of methoxy groups -OCH3 is 1. The van der Waals surface area contributed by atoms with Gasteiger partial charge in [-0.3, -0.25) is 9.59 Å². The monoisotopic (exact) mass is 372 g/mol. The van der Waals surface area contributed by atoms with E-state index < -0.39 is 0 Å². The van der Waals surface area contributed by atoms with Gasteiger partial charge < -0.3 is 14.6 Å². The van der Waals surface area contributed by atoms with Gasteiger partial charge in [0, 0.05) is 39.2 Å². The van der Waals surface area contributed by atoms with E-state index in [1.165, 1.54) is 12.1 Å². The molecule has 1 aromatic carbocycles. The van der Waals surface area contributed by atoms with Crippen molar-refractivity contribution in [2.24, 2.45) is 0 Å². The van der Waals surface area contributed by atoms with E-state index in [1.807, 2.05) is 0 Å². The number of nitrogens with zero attached hydrogens (tertiary/aromatic N) is 2. The number of amides is 1. The van der Waals surface area contributed by atoms with Crippen molar-refractivity contribution in [1.29, 1.82) is 0 Å². The van der Waals surface area contributed by atoms with Gasteiger partial charge in [0.2, 0.25) is 0 Å². The highest BCUT2D eigenvalue weighted by Crippen LogP contribution is 2.20. The smallest absolute Gasteiger partial charge is 0.275 e. The molecule has 2 aliphatic heterocycles. The summed E-state index contributed by atoms with van der Waals surface area (Å²) in [5.74, 6) is -0.603. The van der Waals surface area contributed by atoms with E-state index in [2.05, 4.69) is 15.5 Å². The van der Waals surface area contributed by atoms with Crippen molar-refractivity contribution in [1.82, 2.24) is 20.1 Å². The quantitative estimate of drug-likeness (QED) is 0.591. The maximum absolute atomic E-state index is 12.9. The van der Waals surface area contributed by atoms with Crippen LogP contribution in [0.5, 0.6) is 0 Å². The number of pyridine rings is 1. The summed E-state index contributed by atoms with van der Waals surface area (Å²) in [5.41, 5.74) is 1.65. The minimum absolute atomic E-state index is 0.292. The molecule has 0 fully saturated rings. The van der Waals surface area contributed by atoms with Gasteiger partial charge in [0.1, 0.15) is 11.5 Å². The molecule has 142 valence electrons. The lowest BCUT2D eigenvalue weighted by Crippen LogP contribution is -2.27. The van der Waals surface area contributed by atoms with Crippen LogP contribution in [0.25, 0.3) is 11.3 Å². The SMILES string of the molecule is COCCCn1cc(C(=O)NCCc2ccc(F)cc2)c2n[nH]c(=O)c-2c1. The Kier molecular flexibility index (Phi) is 5.97. The molecule has 0 radical (unpaired) electrons. The summed E-state index contributed by atoms with van der Waals surface area (Å²) >= 11 is 0. The summed E-state index contributed by atoms with van der Waals surface area (Å²) in [4.78, 5) is 24.6. The van der Waals surface area contributed by atoms with Crippen LogP contribution in [0.2, 0.25) is 0 Å². The summed E-state index contributed by atoms with van der Waals surface area (Å²) in [7, 11) is 1.62. The fraction of sp³-hybridized carbons (Fsp3) is 0.316. The Morgan fingerprint density at radius 3 is 2.81 bits per heavy atom. The predicted octanol–water partition coefficient (Wildman–Crippen LogP) is 1.82. The van der Waals surface area contributed by atoms with Crippen molar-refractivity contribution in [2.45, 2.75) is 19.4 Å². The lowest BCUT2D eigenvalue weighted by molar-refractivity contribution is 0.0953. The summed E-state index contributed by atoms with van der Waals surface area (Å²) in [6, 6.07) is 6.15. The molecule has 0 aromatic heterocycles. The Morgan fingerprint density at radius 1 is 1.30 bits per heavy atom. The van der Waals surface area contributed by atoms with E-state index in [0.717, 1.165) is 12.0 Å². The van der Waals surface area contributed by atoms with Gasteiger partial charge in [-0.25, -0.2) is 9.49 Å². The molecule has 0 aliphatic carbocycles. The van der Waals surface area contributed by atoms with E-state index in [4.69, 9.17) is 4.74 Å². The highest BCUT2D eigenvalue weighted by Gasteiger charge is 2.21. The van der Waals surface area contributed by atoms with Crippen LogP contribution in [0.15, 0.2) is 41.5 Å². The molecule has 1 amide bonds. The van der Waals surface area contributed by atoms with Crippen LogP contribution in [0.1, 0.15) is 22.3 Å². The molecule has 0 saturated heterocycles. The number of benzene rings is 1. The predicted molar refractivity (Wildman–Crippen MR) is 98.4 cm³/mol. The number of carbonyl (C=O) groups excluding carboxylic acids is 1. The molecule has 1 aromatic rings. The lowest BCUT2D eigenvalue weighted by atomic mass is 10.1. The third-order valence-electron chi connectivity index (χ3n) is 4.24. The zero-order valence-electron chi connectivity index (χ0n) is 15.0. The summed E-state index contributed by atoms with van der Waals surface area (Å²) in [6.07, 6.45) is 4.70. The first kappa shape index (κ1) is 18.8. The number of nitrogens with one attached hydrogen (secondary N) is 2. The number of hydrogen-bond acceptors (Lipinski definition) is 4. The highest BCUT2D eigenvalue weighted by atomic mass is 19.1. The van der Waals surface area contributed by atoms with E-state index in [9.17, 15) is 14.0 Å². The zero-order valence-corrected chi connectivity index (χ0v) is 15.0. The van der Waals surface area contributed by atoms with Crippen molar-refractivity contribution in [3.8, 4) is 11.3 Å². The van der Waals surface area contributed by atoms with Crippen LogP contribution < -0.4 is 10.9 Å². The van der Waals surface area contributed by atoms with E-state index in [1.54, 1.807) is 36.2 Å². The molecule has 0 saturated carbocycles. The van der Waals surface area contributed by atoms with E-state index in [-0.39, 0.29) is 17.3 Å². The standard InChI is InChI=1S/C19H21FN4O3/c1-27-10-2-9-24-11-15(17-16(12-24)19(26)23-22-17)18(25)21-8-7-13-3-5-14(20)6-4-13/h3-6,11-12H,2,7-10H2,1H3,(H,21,25)(H,23,26). The Hall–Kier alpha value is -3.00. The van der Waals surface area contributed by atoms with Gasteiger partial charge in [0.15, 0.2) is 0 Å². The minimum atomic E-state index is -0.327. The van der Waals surface area contributed by atoms with Gasteiger partial charge in [0.05, 0.1) is 11.1 Å². The average molecular weight is 372 g/mol. The molecular weight excluding hydrogens is 351 g/mol. The maximum atomic E-state index is 12.9. The Labute approximate surface area is 155 Å². The zero-order chi connectivity index (χ0) is 19.2. The van der Waals surface area contributed by atoms with Gasteiger partial charge in [-0.15, -0.1) is 0 Å². The third-order valence-corrected chi connectivity index (χ3v) is 4.24. The third kappa shape index (κ3) is 4.59. The van der Waals surface area contributed by atoms with Crippen molar-refractivity contribution in [3.05, 3.63) is 64.0 Å². The van der Waals surface area contributed by atoms with Crippen LogP contribution in [-0.4, -0.2) is 40.9 Å². The van der Waals surface area contributed by atoms with E-state index in [0.29, 0.717) is 42.9 Å². The molecule has 2 N–H and O–H groups in total. The van der Waals surface area contributed by atoms with Crippen LogP contribution in [0.3, 0.4) is 0 Å². The van der Waals surface area contributed by atoms with Gasteiger partial charge in [0.25, 0.3) is 11.5 Å². The molecule has 2 heterocycles. The van der Waals surface area contributed by atoms with Crippen LogP contribution >= 0.6 is 0 Å². The van der Waals surface area contributed by atoms with Crippen molar-refractivity contribution >= 4 is 5.91 Å². The second-order valence-electron chi connectivity index (χ2n) is 6.20.